The summed E-state index contributed by atoms with van der Waals surface area (Å²) in [6, 6.07) is 41.6. The van der Waals surface area contributed by atoms with Crippen molar-refractivity contribution in [3.05, 3.63) is 167 Å². The van der Waals surface area contributed by atoms with Gasteiger partial charge in [-0.25, -0.2) is 9.88 Å². The highest BCUT2D eigenvalue weighted by Gasteiger charge is 2.70. The van der Waals surface area contributed by atoms with Crippen LogP contribution in [0.1, 0.15) is 29.9 Å². The van der Waals surface area contributed by atoms with Crippen LogP contribution in [0.25, 0.3) is 33.3 Å². The lowest BCUT2D eigenvalue weighted by molar-refractivity contribution is -0.127. The summed E-state index contributed by atoms with van der Waals surface area (Å²) >= 11 is 6.47. The quantitative estimate of drug-likeness (QED) is 0.136. The molecule has 1 N–H and O–H groups in total. The van der Waals surface area contributed by atoms with E-state index in [2.05, 4.69) is 4.98 Å². The summed E-state index contributed by atoms with van der Waals surface area (Å²) in [5.74, 6) is -5.07. The van der Waals surface area contributed by atoms with Crippen LogP contribution in [-0.2, 0) is 24.6 Å². The molecule has 11 rings (SSSR count). The Morgan fingerprint density at radius 1 is 0.712 bits per heavy atom. The van der Waals surface area contributed by atoms with Gasteiger partial charge in [-0.05, 0) is 95.8 Å². The van der Waals surface area contributed by atoms with Gasteiger partial charge in [-0.15, -0.1) is 0 Å². The zero-order valence-electron chi connectivity index (χ0n) is 31.4. The van der Waals surface area contributed by atoms with E-state index in [9.17, 15) is 14.7 Å². The van der Waals surface area contributed by atoms with Gasteiger partial charge in [-0.1, -0.05) is 102 Å². The molecule has 0 radical (unpaired) electrons. The summed E-state index contributed by atoms with van der Waals surface area (Å²) in [6.45, 7) is 0. The lowest BCUT2D eigenvalue weighted by Crippen LogP contribution is -2.53. The maximum atomic E-state index is 15.7. The fraction of sp³-hybridized carbons (Fsp3) is 0.163. The fourth-order valence-corrected chi connectivity index (χ4v) is 10.8. The van der Waals surface area contributed by atoms with Crippen molar-refractivity contribution in [2.75, 3.05) is 9.80 Å². The largest absolute Gasteiger partial charge is 0.508 e. The number of allylic oxidation sites excluding steroid dienone is 2. The Morgan fingerprint density at radius 2 is 1.47 bits per heavy atom. The van der Waals surface area contributed by atoms with Crippen LogP contribution >= 0.6 is 11.6 Å². The van der Waals surface area contributed by atoms with Gasteiger partial charge in [-0.2, -0.15) is 0 Å². The Labute approximate surface area is 343 Å². The monoisotopic (exact) mass is 795 g/mol. The number of hydrogen-bond donors (Lipinski definition) is 1. The normalized spacial score (nSPS) is 25.0. The Hall–Kier alpha value is -6.84. The first-order chi connectivity index (χ1) is 28.8. The number of carbonyl (C=O) groups is 4. The predicted molar refractivity (Wildman–Crippen MR) is 224 cm³/mol. The van der Waals surface area contributed by atoms with Gasteiger partial charge in [0.15, 0.2) is 5.58 Å². The molecular weight excluding hydrogens is 762 g/mol. The number of amides is 4. The number of carbonyl (C=O) groups excluding carboxylic acids is 4. The topological polar surface area (TPSA) is 121 Å². The average Bonchev–Trinajstić information content (AvgIpc) is 3.88. The van der Waals surface area contributed by atoms with Crippen molar-refractivity contribution in [1.29, 1.82) is 0 Å². The summed E-state index contributed by atoms with van der Waals surface area (Å²) in [7, 11) is 0. The number of para-hydroxylation sites is 2. The lowest BCUT2D eigenvalue weighted by atomic mass is 9.48. The molecule has 288 valence electrons. The highest BCUT2D eigenvalue weighted by Crippen LogP contribution is 2.66. The van der Waals surface area contributed by atoms with Crippen LogP contribution in [0, 0.1) is 23.7 Å². The second-order valence-corrected chi connectivity index (χ2v) is 16.3. The van der Waals surface area contributed by atoms with Crippen molar-refractivity contribution in [1.82, 2.24) is 4.98 Å². The number of nitrogens with zero attached hydrogens (tertiary/aromatic N) is 3. The first-order valence-corrected chi connectivity index (χ1v) is 20.1. The number of imide groups is 2. The van der Waals surface area contributed by atoms with E-state index < -0.39 is 46.8 Å². The van der Waals surface area contributed by atoms with E-state index in [4.69, 9.17) is 16.0 Å². The van der Waals surface area contributed by atoms with Crippen LogP contribution < -0.4 is 9.80 Å². The molecular formula is C49H34ClN3O6. The van der Waals surface area contributed by atoms with Crippen molar-refractivity contribution < 1.29 is 28.7 Å². The van der Waals surface area contributed by atoms with Gasteiger partial charge in [0, 0.05) is 22.1 Å². The molecule has 6 aromatic carbocycles. The molecule has 9 nitrogen and oxygen atoms in total. The van der Waals surface area contributed by atoms with E-state index in [0.717, 1.165) is 21.9 Å². The van der Waals surface area contributed by atoms with Gasteiger partial charge >= 0.3 is 0 Å². The summed E-state index contributed by atoms with van der Waals surface area (Å²) in [5, 5.41) is 14.0. The van der Waals surface area contributed by atoms with Crippen molar-refractivity contribution in [3.8, 4) is 17.2 Å². The van der Waals surface area contributed by atoms with Crippen LogP contribution in [0.4, 0.5) is 11.4 Å². The number of rotatable bonds is 5. The van der Waals surface area contributed by atoms with Gasteiger partial charge in [0.1, 0.15) is 11.3 Å². The second kappa shape index (κ2) is 13.1. The fourth-order valence-electron chi connectivity index (χ4n) is 10.6. The van der Waals surface area contributed by atoms with Gasteiger partial charge in [-0.3, -0.25) is 24.1 Å². The summed E-state index contributed by atoms with van der Waals surface area (Å²) in [6.07, 6.45) is 2.38. The zero-order chi connectivity index (χ0) is 40.2. The maximum Gasteiger partial charge on any atom is 0.246 e. The number of anilines is 2. The lowest BCUT2D eigenvalue weighted by Gasteiger charge is -2.51. The Morgan fingerprint density at radius 3 is 2.27 bits per heavy atom. The number of aromatic nitrogens is 1. The molecule has 0 spiro atoms. The minimum absolute atomic E-state index is 0.0256. The van der Waals surface area contributed by atoms with E-state index in [1.165, 1.54) is 9.80 Å². The van der Waals surface area contributed by atoms with E-state index in [1.807, 2.05) is 91.0 Å². The Bertz CT molecular complexity index is 2930. The van der Waals surface area contributed by atoms with Crippen LogP contribution in [0.15, 0.2) is 156 Å². The van der Waals surface area contributed by atoms with Gasteiger partial charge in [0.05, 0.1) is 34.5 Å². The van der Waals surface area contributed by atoms with Crippen molar-refractivity contribution in [3.63, 3.8) is 0 Å². The minimum atomic E-state index is -1.52. The van der Waals surface area contributed by atoms with Gasteiger partial charge in [0.2, 0.25) is 29.5 Å². The number of fused-ring (bicyclic) bond motifs is 6. The Balaban J connectivity index is 1.07. The van der Waals surface area contributed by atoms with E-state index in [0.29, 0.717) is 44.6 Å². The number of oxazole rings is 1. The van der Waals surface area contributed by atoms with Gasteiger partial charge in [0.25, 0.3) is 0 Å². The molecule has 4 amide bonds. The number of halogens is 1. The smallest absolute Gasteiger partial charge is 0.246 e. The maximum absolute atomic E-state index is 15.7. The van der Waals surface area contributed by atoms with Crippen LogP contribution in [0.3, 0.4) is 0 Å². The van der Waals surface area contributed by atoms with Gasteiger partial charge < -0.3 is 9.52 Å². The predicted octanol–water partition coefficient (Wildman–Crippen LogP) is 9.37. The Kier molecular flexibility index (Phi) is 7.84. The summed E-state index contributed by atoms with van der Waals surface area (Å²) in [4.78, 5) is 67.3. The van der Waals surface area contributed by atoms with E-state index in [-0.39, 0.29) is 30.4 Å². The molecule has 2 saturated heterocycles. The van der Waals surface area contributed by atoms with Crippen molar-refractivity contribution in [2.45, 2.75) is 24.2 Å². The van der Waals surface area contributed by atoms with Crippen LogP contribution in [0.2, 0.25) is 5.02 Å². The first-order valence-electron chi connectivity index (χ1n) is 19.7. The molecule has 1 aromatic heterocycles. The highest BCUT2D eigenvalue weighted by atomic mass is 35.5. The average molecular weight is 796 g/mol. The van der Waals surface area contributed by atoms with Crippen LogP contribution in [0.5, 0.6) is 5.75 Å². The molecule has 1 saturated carbocycles. The highest BCUT2D eigenvalue weighted by molar-refractivity contribution is 6.32. The second-order valence-electron chi connectivity index (χ2n) is 15.9. The standard InChI is InChI=1S/C49H34ClN3O6/c50-30-12-8-13-32(25-30)53-46(56)37-26-36-34(43(49(37,48(53)58)29-10-2-1-3-11-29)42-33-14-5-4-9-27(33)19-24-39(42)54)22-23-35-41(36)47(57)52(45(35)55)31-20-17-28(18-21-31)44-51-38-15-6-7-16-40(38)59-44/h1-22,24-25,35-37,41,43,54H,23,26H2/t35-,36+,37-,41-,43+,49+/m0/s1. The molecule has 6 atom stereocenters. The van der Waals surface area contributed by atoms with Crippen molar-refractivity contribution >= 4 is 68.5 Å². The summed E-state index contributed by atoms with van der Waals surface area (Å²) < 4.78 is 5.97. The summed E-state index contributed by atoms with van der Waals surface area (Å²) in [5.41, 5.74) is 3.21. The number of phenolic OH excluding ortho intramolecular Hbond substituents is 1. The molecule has 7 aromatic rings. The molecule has 3 fully saturated rings. The van der Waals surface area contributed by atoms with E-state index >= 15 is 9.59 Å². The van der Waals surface area contributed by atoms with Crippen LogP contribution in [-0.4, -0.2) is 33.7 Å². The SMILES string of the molecule is O=C1[C@H]2[C@H](CC=C3[C@H]2C[C@H]2C(=O)N(c4cccc(Cl)c4)C(=O)[C@@]2(c2ccccc2)[C@H]3c2c(O)ccc3ccccc23)C(=O)N1c1ccc(-c2nc3ccccc3o2)cc1. The first kappa shape index (κ1) is 35.3. The number of aromatic hydroxyl groups is 1. The molecule has 2 aliphatic carbocycles. The molecule has 3 heterocycles. The number of hydrogen-bond acceptors (Lipinski definition) is 7. The third-order valence-electron chi connectivity index (χ3n) is 13.1. The zero-order valence-corrected chi connectivity index (χ0v) is 32.1. The molecule has 0 bridgehead atoms. The molecule has 59 heavy (non-hydrogen) atoms. The molecule has 10 heteroatoms. The molecule has 0 unspecified atom stereocenters. The number of phenols is 1. The third kappa shape index (κ3) is 5.01. The van der Waals surface area contributed by atoms with Crippen molar-refractivity contribution in [2.24, 2.45) is 23.7 Å². The van der Waals surface area contributed by atoms with E-state index in [1.54, 1.807) is 54.6 Å². The number of benzene rings is 6. The third-order valence-corrected chi connectivity index (χ3v) is 13.3. The minimum Gasteiger partial charge on any atom is -0.508 e. The molecule has 4 aliphatic rings. The molecule has 2 aliphatic heterocycles.